The van der Waals surface area contributed by atoms with Crippen LogP contribution in [0.2, 0.25) is 5.02 Å². The minimum absolute atomic E-state index is 0.0250. The third kappa shape index (κ3) is 5.10. The molecule has 0 aliphatic carbocycles. The molecule has 2 aromatic carbocycles. The van der Waals surface area contributed by atoms with Crippen LogP contribution in [0.3, 0.4) is 0 Å². The van der Waals surface area contributed by atoms with Crippen molar-refractivity contribution in [3.63, 3.8) is 0 Å². The number of aromatic carboxylic acids is 1. The van der Waals surface area contributed by atoms with Crippen LogP contribution in [0.5, 0.6) is 5.75 Å². The zero-order valence-corrected chi connectivity index (χ0v) is 22.7. The van der Waals surface area contributed by atoms with Crippen LogP contribution in [-0.2, 0) is 11.2 Å². The van der Waals surface area contributed by atoms with Crippen LogP contribution in [-0.4, -0.2) is 46.9 Å². The summed E-state index contributed by atoms with van der Waals surface area (Å²) < 4.78 is 37.1. The molecule has 0 bridgehead atoms. The van der Waals surface area contributed by atoms with Crippen molar-refractivity contribution in [2.45, 2.75) is 46.1 Å². The van der Waals surface area contributed by atoms with Gasteiger partial charge in [-0.05, 0) is 35.1 Å². The lowest BCUT2D eigenvalue weighted by atomic mass is 9.86. The summed E-state index contributed by atoms with van der Waals surface area (Å²) in [7, 11) is 1.38. The standard InChI is InChI=1S/C28H29ClF2N2O6/c1-28(2,3)21(13-34)33-12-17(27(37)38)26(36)16-9-14(20(39-4)11-18(16)33)8-15-10-19(25(31)23(29)24(15)30)32-7-5-6-22(32)35/h9-12,21,34H,5-8,13H2,1-4H3,(H,37,38). The first-order valence-electron chi connectivity index (χ1n) is 12.4. The fourth-order valence-corrected chi connectivity index (χ4v) is 5.23. The van der Waals surface area contributed by atoms with Gasteiger partial charge in [0.25, 0.3) is 0 Å². The van der Waals surface area contributed by atoms with E-state index in [0.29, 0.717) is 17.5 Å². The monoisotopic (exact) mass is 562 g/mol. The van der Waals surface area contributed by atoms with Gasteiger partial charge in [0.05, 0.1) is 31.0 Å². The van der Waals surface area contributed by atoms with Gasteiger partial charge in [-0.2, -0.15) is 0 Å². The van der Waals surface area contributed by atoms with E-state index < -0.39 is 45.1 Å². The SMILES string of the molecule is COc1cc2c(cc1Cc1cc(N3CCCC3=O)c(F)c(Cl)c1F)c(=O)c(C(=O)O)cn2C(CO)C(C)(C)C. The summed E-state index contributed by atoms with van der Waals surface area (Å²) >= 11 is 5.98. The van der Waals surface area contributed by atoms with Gasteiger partial charge in [-0.1, -0.05) is 32.4 Å². The molecule has 1 amide bonds. The number of nitrogens with zero attached hydrogens (tertiary/aromatic N) is 2. The van der Waals surface area contributed by atoms with Gasteiger partial charge < -0.3 is 24.4 Å². The maximum atomic E-state index is 15.2. The number of rotatable bonds is 7. The molecule has 1 atom stereocenters. The van der Waals surface area contributed by atoms with E-state index in [9.17, 15) is 29.0 Å². The predicted octanol–water partition coefficient (Wildman–Crippen LogP) is 4.94. The third-order valence-electron chi connectivity index (χ3n) is 7.12. The Bertz CT molecular complexity index is 1550. The first-order chi connectivity index (χ1) is 18.3. The quantitative estimate of drug-likeness (QED) is 0.395. The zero-order chi connectivity index (χ0) is 28.8. The number of anilines is 1. The van der Waals surface area contributed by atoms with Crippen molar-refractivity contribution >= 4 is 40.1 Å². The van der Waals surface area contributed by atoms with Crippen LogP contribution in [0.1, 0.15) is 61.1 Å². The van der Waals surface area contributed by atoms with Gasteiger partial charge in [0.15, 0.2) is 5.82 Å². The fourth-order valence-electron chi connectivity index (χ4n) is 5.01. The Hall–Kier alpha value is -3.50. The number of carboxylic acids is 1. The number of pyridine rings is 1. The summed E-state index contributed by atoms with van der Waals surface area (Å²) in [5.74, 6) is -3.54. The van der Waals surface area contributed by atoms with E-state index in [2.05, 4.69) is 0 Å². The Labute approximate surface area is 228 Å². The second kappa shape index (κ2) is 10.6. The molecule has 1 aliphatic rings. The fraction of sp³-hybridized carbons (Fsp3) is 0.393. The lowest BCUT2D eigenvalue weighted by Crippen LogP contribution is -2.30. The summed E-state index contributed by atoms with van der Waals surface area (Å²) in [6, 6.07) is 3.56. The number of methoxy groups -OCH3 is 1. The lowest BCUT2D eigenvalue weighted by Gasteiger charge is -2.33. The van der Waals surface area contributed by atoms with Gasteiger partial charge in [-0.15, -0.1) is 0 Å². The van der Waals surface area contributed by atoms with Gasteiger partial charge in [0, 0.05) is 37.0 Å². The first-order valence-corrected chi connectivity index (χ1v) is 12.7. The molecule has 4 rings (SSSR count). The van der Waals surface area contributed by atoms with E-state index in [1.165, 1.54) is 36.4 Å². The molecule has 1 fully saturated rings. The van der Waals surface area contributed by atoms with Crippen LogP contribution in [0.25, 0.3) is 10.9 Å². The number of carboxylic acid groups (broad SMARTS) is 1. The Morgan fingerprint density at radius 2 is 1.85 bits per heavy atom. The highest BCUT2D eigenvalue weighted by molar-refractivity contribution is 6.31. The molecule has 1 saturated heterocycles. The highest BCUT2D eigenvalue weighted by atomic mass is 35.5. The number of amides is 1. The van der Waals surface area contributed by atoms with Crippen LogP contribution in [0.15, 0.2) is 29.2 Å². The molecule has 2 heterocycles. The molecule has 1 aliphatic heterocycles. The molecular formula is C28H29ClF2N2O6. The van der Waals surface area contributed by atoms with Crippen LogP contribution < -0.4 is 15.1 Å². The minimum Gasteiger partial charge on any atom is -0.496 e. The van der Waals surface area contributed by atoms with E-state index in [4.69, 9.17) is 16.3 Å². The summed E-state index contributed by atoms with van der Waals surface area (Å²) in [5, 5.41) is 19.2. The average Bonchev–Trinajstić information content (AvgIpc) is 3.30. The smallest absolute Gasteiger partial charge is 0.341 e. The summed E-state index contributed by atoms with van der Waals surface area (Å²) in [6.45, 7) is 5.55. The van der Waals surface area contributed by atoms with Crippen molar-refractivity contribution in [1.82, 2.24) is 4.57 Å². The van der Waals surface area contributed by atoms with E-state index in [0.717, 1.165) is 0 Å². The molecular weight excluding hydrogens is 534 g/mol. The normalized spacial score (nSPS) is 14.8. The van der Waals surface area contributed by atoms with Gasteiger partial charge in [0.2, 0.25) is 11.3 Å². The van der Waals surface area contributed by atoms with E-state index in [-0.39, 0.29) is 54.3 Å². The number of fused-ring (bicyclic) bond motifs is 1. The van der Waals surface area contributed by atoms with E-state index >= 15 is 4.39 Å². The van der Waals surface area contributed by atoms with Crippen molar-refractivity contribution in [3.05, 3.63) is 68.0 Å². The third-order valence-corrected chi connectivity index (χ3v) is 7.45. The number of aliphatic hydroxyl groups is 1. The molecule has 1 aromatic heterocycles. The lowest BCUT2D eigenvalue weighted by molar-refractivity contribution is -0.117. The zero-order valence-electron chi connectivity index (χ0n) is 22.0. The number of carbonyl (C=O) groups excluding carboxylic acids is 1. The van der Waals surface area contributed by atoms with Crippen LogP contribution in [0, 0.1) is 17.0 Å². The maximum Gasteiger partial charge on any atom is 0.341 e. The Morgan fingerprint density at radius 1 is 1.15 bits per heavy atom. The number of benzene rings is 2. The molecule has 0 saturated carbocycles. The van der Waals surface area contributed by atoms with Crippen molar-refractivity contribution in [3.8, 4) is 5.75 Å². The number of halogens is 3. The summed E-state index contributed by atoms with van der Waals surface area (Å²) in [5.41, 5.74) is -1.31. The molecule has 208 valence electrons. The molecule has 39 heavy (non-hydrogen) atoms. The number of hydrogen-bond donors (Lipinski definition) is 2. The van der Waals surface area contributed by atoms with Gasteiger partial charge in [0.1, 0.15) is 22.2 Å². The van der Waals surface area contributed by atoms with Gasteiger partial charge in [-0.25, -0.2) is 13.6 Å². The highest BCUT2D eigenvalue weighted by Crippen LogP contribution is 2.37. The number of aliphatic hydroxyl groups excluding tert-OH is 1. The van der Waals surface area contributed by atoms with Gasteiger partial charge in [-0.3, -0.25) is 9.59 Å². The minimum atomic E-state index is -1.44. The van der Waals surface area contributed by atoms with Crippen molar-refractivity contribution in [2.24, 2.45) is 5.41 Å². The molecule has 2 N–H and O–H groups in total. The average molecular weight is 563 g/mol. The highest BCUT2D eigenvalue weighted by Gasteiger charge is 2.30. The molecule has 1 unspecified atom stereocenters. The van der Waals surface area contributed by atoms with E-state index in [1.807, 2.05) is 20.8 Å². The molecule has 3 aromatic rings. The van der Waals surface area contributed by atoms with Crippen molar-refractivity contribution in [1.29, 1.82) is 0 Å². The molecule has 0 spiro atoms. The summed E-state index contributed by atoms with van der Waals surface area (Å²) in [4.78, 5) is 38.6. The van der Waals surface area contributed by atoms with Crippen LogP contribution in [0.4, 0.5) is 14.5 Å². The first kappa shape index (κ1) is 28.5. The maximum absolute atomic E-state index is 15.2. The predicted molar refractivity (Wildman–Crippen MR) is 143 cm³/mol. The Morgan fingerprint density at radius 3 is 2.38 bits per heavy atom. The van der Waals surface area contributed by atoms with E-state index in [1.54, 1.807) is 4.57 Å². The molecule has 11 heteroatoms. The number of ether oxygens (including phenoxy) is 1. The van der Waals surface area contributed by atoms with Crippen molar-refractivity contribution in [2.75, 3.05) is 25.2 Å². The Kier molecular flexibility index (Phi) is 7.73. The second-order valence-corrected chi connectivity index (χ2v) is 11.0. The summed E-state index contributed by atoms with van der Waals surface area (Å²) in [6.07, 6.45) is 1.78. The number of aromatic nitrogens is 1. The van der Waals surface area contributed by atoms with Crippen LogP contribution >= 0.6 is 11.6 Å². The topological polar surface area (TPSA) is 109 Å². The molecule has 8 nitrogen and oxygen atoms in total. The van der Waals surface area contributed by atoms with Crippen molar-refractivity contribution < 1.29 is 33.3 Å². The van der Waals surface area contributed by atoms with Gasteiger partial charge >= 0.3 is 5.97 Å². The number of hydrogen-bond acceptors (Lipinski definition) is 5. The number of carbonyl (C=O) groups is 2. The molecule has 0 radical (unpaired) electrons. The second-order valence-electron chi connectivity index (χ2n) is 10.7. The Balaban J connectivity index is 1.95. The largest absolute Gasteiger partial charge is 0.496 e.